The number of nitrogens with zero attached hydrogens (tertiary/aromatic N) is 2. The van der Waals surface area contributed by atoms with Crippen molar-refractivity contribution in [2.24, 2.45) is 5.92 Å². The van der Waals surface area contributed by atoms with Gasteiger partial charge in [-0.2, -0.15) is 0 Å². The molecule has 3 N–H and O–H groups in total. The van der Waals surface area contributed by atoms with Gasteiger partial charge in [0.15, 0.2) is 5.11 Å². The molecule has 26 heavy (non-hydrogen) atoms. The molecule has 0 radical (unpaired) electrons. The first-order chi connectivity index (χ1) is 12.5. The number of benzene rings is 1. The second-order valence-corrected chi connectivity index (χ2v) is 7.50. The van der Waals surface area contributed by atoms with Crippen LogP contribution in [0.15, 0.2) is 33.9 Å². The molecule has 0 bridgehead atoms. The number of aromatic nitrogens is 2. The Morgan fingerprint density at radius 1 is 1.31 bits per heavy atom. The maximum absolute atomic E-state index is 11.8. The van der Waals surface area contributed by atoms with Crippen molar-refractivity contribution < 1.29 is 9.21 Å². The molecule has 2 rings (SSSR count). The zero-order valence-corrected chi connectivity index (χ0v) is 16.8. The van der Waals surface area contributed by atoms with E-state index in [0.717, 1.165) is 24.7 Å². The fraction of sp³-hybridized carbons (Fsp3) is 0.375. The highest BCUT2D eigenvalue weighted by atomic mass is 35.5. The van der Waals surface area contributed by atoms with Crippen LogP contribution in [-0.2, 0) is 4.79 Å². The van der Waals surface area contributed by atoms with Gasteiger partial charge < -0.3 is 9.73 Å². The molecule has 1 aromatic heterocycles. The zero-order valence-electron chi connectivity index (χ0n) is 14.4. The molecule has 10 heteroatoms. The van der Waals surface area contributed by atoms with Crippen molar-refractivity contribution in [1.82, 2.24) is 26.4 Å². The molecule has 1 amide bonds. The van der Waals surface area contributed by atoms with E-state index >= 15 is 0 Å². The number of carbonyl (C=O) groups excluding carboxylic acids is 1. The Kier molecular flexibility index (Phi) is 8.14. The van der Waals surface area contributed by atoms with Crippen LogP contribution >= 0.6 is 35.6 Å². The molecule has 0 saturated heterocycles. The van der Waals surface area contributed by atoms with E-state index in [-0.39, 0.29) is 16.9 Å². The average molecular weight is 414 g/mol. The molecule has 0 atom stereocenters. The van der Waals surface area contributed by atoms with Crippen molar-refractivity contribution in [3.8, 4) is 11.5 Å². The van der Waals surface area contributed by atoms with E-state index in [0.29, 0.717) is 27.5 Å². The van der Waals surface area contributed by atoms with Gasteiger partial charge in [-0.05, 0) is 36.7 Å². The number of nitrogens with one attached hydrogen (secondary N) is 3. The Bertz CT molecular complexity index is 754. The Morgan fingerprint density at radius 3 is 2.81 bits per heavy atom. The van der Waals surface area contributed by atoms with Gasteiger partial charge in [-0.3, -0.25) is 15.6 Å². The minimum absolute atomic E-state index is 0.103. The van der Waals surface area contributed by atoms with Crippen LogP contribution in [0.4, 0.5) is 0 Å². The van der Waals surface area contributed by atoms with Crippen LogP contribution in [0.2, 0.25) is 5.02 Å². The van der Waals surface area contributed by atoms with Crippen LogP contribution in [0.25, 0.3) is 11.5 Å². The van der Waals surface area contributed by atoms with Crippen molar-refractivity contribution in [2.75, 3.05) is 12.3 Å². The number of hydrogen-bond donors (Lipinski definition) is 3. The van der Waals surface area contributed by atoms with Crippen molar-refractivity contribution in [2.45, 2.75) is 25.5 Å². The number of thiocarbonyl (C=S) groups is 1. The number of halogens is 1. The van der Waals surface area contributed by atoms with Crippen molar-refractivity contribution >= 4 is 46.6 Å². The molecule has 0 unspecified atom stereocenters. The summed E-state index contributed by atoms with van der Waals surface area (Å²) in [4.78, 5) is 11.8. The van der Waals surface area contributed by atoms with Crippen molar-refractivity contribution in [3.05, 3.63) is 29.3 Å². The van der Waals surface area contributed by atoms with E-state index in [9.17, 15) is 4.79 Å². The average Bonchev–Trinajstić information content (AvgIpc) is 3.07. The van der Waals surface area contributed by atoms with Gasteiger partial charge >= 0.3 is 0 Å². The summed E-state index contributed by atoms with van der Waals surface area (Å²) >= 11 is 12.3. The lowest BCUT2D eigenvalue weighted by Crippen LogP contribution is -2.47. The quantitative estimate of drug-likeness (QED) is 0.362. The lowest BCUT2D eigenvalue weighted by atomic mass is 10.1. The summed E-state index contributed by atoms with van der Waals surface area (Å²) in [5.41, 5.74) is 5.82. The molecule has 0 aliphatic carbocycles. The lowest BCUT2D eigenvalue weighted by Gasteiger charge is -2.11. The molecule has 0 spiro atoms. The number of hydrogen-bond acceptors (Lipinski definition) is 6. The first-order valence-corrected chi connectivity index (χ1v) is 9.76. The lowest BCUT2D eigenvalue weighted by molar-refractivity contribution is -0.119. The predicted octanol–water partition coefficient (Wildman–Crippen LogP) is 3.02. The predicted molar refractivity (Wildman–Crippen MR) is 107 cm³/mol. The van der Waals surface area contributed by atoms with Crippen molar-refractivity contribution in [1.29, 1.82) is 0 Å². The SMILES string of the molecule is CC(C)CCNC(=S)NNC(=O)CSc1nnc(-c2ccccc2Cl)o1. The summed E-state index contributed by atoms with van der Waals surface area (Å²) in [5, 5.41) is 12.1. The number of amides is 1. The minimum atomic E-state index is -0.263. The van der Waals surface area contributed by atoms with Gasteiger partial charge in [0, 0.05) is 6.54 Å². The highest BCUT2D eigenvalue weighted by molar-refractivity contribution is 7.99. The molecule has 0 saturated carbocycles. The fourth-order valence-corrected chi connectivity index (χ4v) is 2.75. The third kappa shape index (κ3) is 6.81. The Labute approximate surface area is 166 Å². The minimum Gasteiger partial charge on any atom is -0.411 e. The third-order valence-electron chi connectivity index (χ3n) is 3.16. The molecule has 0 fully saturated rings. The van der Waals surface area contributed by atoms with E-state index in [1.54, 1.807) is 12.1 Å². The molecule has 1 heterocycles. The fourth-order valence-electron chi connectivity index (χ4n) is 1.82. The molecule has 1 aromatic carbocycles. The smallest absolute Gasteiger partial charge is 0.277 e. The molecular formula is C16H20ClN5O2S2. The van der Waals surface area contributed by atoms with Crippen LogP contribution in [0.3, 0.4) is 0 Å². The number of carbonyl (C=O) groups is 1. The molecule has 0 aliphatic heterocycles. The standard InChI is InChI=1S/C16H20ClN5O2S2/c1-10(2)7-8-18-15(25)21-19-13(23)9-26-16-22-20-14(24-16)11-5-3-4-6-12(11)17/h3-6,10H,7-9H2,1-2H3,(H,19,23)(H2,18,21,25). The first kappa shape index (κ1) is 20.5. The highest BCUT2D eigenvalue weighted by Crippen LogP contribution is 2.28. The zero-order chi connectivity index (χ0) is 18.9. The van der Waals surface area contributed by atoms with Gasteiger partial charge in [0.25, 0.3) is 5.22 Å². The molecule has 7 nitrogen and oxygen atoms in total. The maximum atomic E-state index is 11.8. The van der Waals surface area contributed by atoms with Gasteiger partial charge in [0.1, 0.15) is 0 Å². The summed E-state index contributed by atoms with van der Waals surface area (Å²) in [6.45, 7) is 5.01. The van der Waals surface area contributed by atoms with Crippen LogP contribution < -0.4 is 16.2 Å². The second-order valence-electron chi connectivity index (χ2n) is 5.75. The van der Waals surface area contributed by atoms with E-state index in [2.05, 4.69) is 40.2 Å². The Balaban J connectivity index is 1.73. The van der Waals surface area contributed by atoms with Gasteiger partial charge in [-0.15, -0.1) is 10.2 Å². The second kappa shape index (κ2) is 10.3. The molecular weight excluding hydrogens is 394 g/mol. The van der Waals surface area contributed by atoms with Crippen LogP contribution in [0, 0.1) is 5.92 Å². The van der Waals surface area contributed by atoms with Gasteiger partial charge in [0.05, 0.1) is 16.3 Å². The van der Waals surface area contributed by atoms with Gasteiger partial charge in [-0.25, -0.2) is 0 Å². The van der Waals surface area contributed by atoms with Gasteiger partial charge in [-0.1, -0.05) is 49.3 Å². The molecule has 0 aliphatic rings. The summed E-state index contributed by atoms with van der Waals surface area (Å²) in [7, 11) is 0. The van der Waals surface area contributed by atoms with Crippen LogP contribution in [-0.4, -0.2) is 33.5 Å². The summed E-state index contributed by atoms with van der Waals surface area (Å²) in [6, 6.07) is 7.17. The highest BCUT2D eigenvalue weighted by Gasteiger charge is 2.13. The largest absolute Gasteiger partial charge is 0.411 e. The summed E-state index contributed by atoms with van der Waals surface area (Å²) < 4.78 is 5.52. The Morgan fingerprint density at radius 2 is 2.08 bits per heavy atom. The normalized spacial score (nSPS) is 10.6. The van der Waals surface area contributed by atoms with Crippen LogP contribution in [0.5, 0.6) is 0 Å². The topological polar surface area (TPSA) is 92.1 Å². The van der Waals surface area contributed by atoms with E-state index < -0.39 is 0 Å². The number of hydrazine groups is 1. The van der Waals surface area contributed by atoms with Crippen molar-refractivity contribution in [3.63, 3.8) is 0 Å². The first-order valence-electron chi connectivity index (χ1n) is 7.99. The van der Waals surface area contributed by atoms with E-state index in [4.69, 9.17) is 28.2 Å². The number of rotatable bonds is 7. The summed E-state index contributed by atoms with van der Waals surface area (Å²) in [6.07, 6.45) is 0.997. The Hall–Kier alpha value is -1.84. The van der Waals surface area contributed by atoms with Crippen LogP contribution in [0.1, 0.15) is 20.3 Å². The van der Waals surface area contributed by atoms with E-state index in [1.165, 1.54) is 0 Å². The molecule has 2 aromatic rings. The third-order valence-corrected chi connectivity index (χ3v) is 4.55. The monoisotopic (exact) mass is 413 g/mol. The summed E-state index contributed by atoms with van der Waals surface area (Å²) in [5.74, 6) is 0.736. The maximum Gasteiger partial charge on any atom is 0.277 e. The van der Waals surface area contributed by atoms with E-state index in [1.807, 2.05) is 12.1 Å². The number of thioether (sulfide) groups is 1. The van der Waals surface area contributed by atoms with Gasteiger partial charge in [0.2, 0.25) is 11.8 Å². The molecule has 140 valence electrons.